The fourth-order valence-electron chi connectivity index (χ4n) is 4.11. The van der Waals surface area contributed by atoms with E-state index in [1.807, 2.05) is 4.90 Å². The molecule has 0 aromatic heterocycles. The molecule has 0 radical (unpaired) electrons. The smallest absolute Gasteiger partial charge is 0.234 e. The number of rotatable bonds is 5. The molecule has 2 aliphatic heterocycles. The van der Waals surface area contributed by atoms with Crippen molar-refractivity contribution in [1.29, 1.82) is 0 Å². The summed E-state index contributed by atoms with van der Waals surface area (Å²) in [4.78, 5) is 28.3. The molecular formula is C19H26FN3O2. The number of halogens is 1. The minimum absolute atomic E-state index is 0.0244. The zero-order valence-corrected chi connectivity index (χ0v) is 14.7. The molecule has 2 saturated heterocycles. The van der Waals surface area contributed by atoms with Gasteiger partial charge >= 0.3 is 0 Å². The van der Waals surface area contributed by atoms with Crippen molar-refractivity contribution in [1.82, 2.24) is 15.1 Å². The minimum atomic E-state index is -0.276. The molecule has 136 valence electrons. The van der Waals surface area contributed by atoms with E-state index in [0.717, 1.165) is 44.3 Å². The quantitative estimate of drug-likeness (QED) is 0.885. The van der Waals surface area contributed by atoms with Crippen LogP contribution in [-0.2, 0) is 16.1 Å². The molecule has 1 aromatic rings. The number of hydrogen-bond acceptors (Lipinski definition) is 3. The van der Waals surface area contributed by atoms with Crippen LogP contribution in [0.5, 0.6) is 0 Å². The maximum Gasteiger partial charge on any atom is 0.234 e. The first-order valence-electron chi connectivity index (χ1n) is 9.07. The van der Waals surface area contributed by atoms with Crippen molar-refractivity contribution < 1.29 is 14.0 Å². The average Bonchev–Trinajstić information content (AvgIpc) is 3.22. The maximum absolute atomic E-state index is 12.9. The summed E-state index contributed by atoms with van der Waals surface area (Å²) in [5.74, 6) is -0.166. The SMILES string of the molecule is CC(=O)N1CCC[C@@H]1[C@@H]1CCCN1CC(=O)NCc1ccc(F)cc1. The number of likely N-dealkylation sites (tertiary alicyclic amines) is 2. The Morgan fingerprint density at radius 2 is 1.80 bits per heavy atom. The summed E-state index contributed by atoms with van der Waals surface area (Å²) in [6.07, 6.45) is 4.18. The van der Waals surface area contributed by atoms with Gasteiger partial charge in [0, 0.05) is 32.1 Å². The van der Waals surface area contributed by atoms with Crippen LogP contribution in [0.3, 0.4) is 0 Å². The predicted molar refractivity (Wildman–Crippen MR) is 93.3 cm³/mol. The molecule has 1 N–H and O–H groups in total. The standard InChI is InChI=1S/C19H26FN3O2/c1-14(24)23-11-3-5-18(23)17-4-2-10-22(17)13-19(25)21-12-15-6-8-16(20)9-7-15/h6-9,17-18H,2-5,10-13H2,1H3,(H,21,25)/t17-,18+/m0/s1. The van der Waals surface area contributed by atoms with Gasteiger partial charge in [-0.3, -0.25) is 14.5 Å². The van der Waals surface area contributed by atoms with Crippen LogP contribution in [0.1, 0.15) is 38.2 Å². The molecular weight excluding hydrogens is 321 g/mol. The molecule has 2 amide bonds. The number of carbonyl (C=O) groups is 2. The Hall–Kier alpha value is -1.95. The lowest BCUT2D eigenvalue weighted by atomic mass is 10.0. The third kappa shape index (κ3) is 4.37. The molecule has 0 bridgehead atoms. The lowest BCUT2D eigenvalue weighted by molar-refractivity contribution is -0.130. The first kappa shape index (κ1) is 17.9. The van der Waals surface area contributed by atoms with E-state index in [1.165, 1.54) is 12.1 Å². The lowest BCUT2D eigenvalue weighted by Gasteiger charge is -2.34. The highest BCUT2D eigenvalue weighted by Crippen LogP contribution is 2.29. The Bertz CT molecular complexity index is 620. The van der Waals surface area contributed by atoms with Crippen molar-refractivity contribution >= 4 is 11.8 Å². The van der Waals surface area contributed by atoms with Crippen molar-refractivity contribution in [2.75, 3.05) is 19.6 Å². The lowest BCUT2D eigenvalue weighted by Crippen LogP contribution is -2.50. The third-order valence-electron chi connectivity index (χ3n) is 5.31. The number of nitrogens with zero attached hydrogens (tertiary/aromatic N) is 2. The van der Waals surface area contributed by atoms with Gasteiger partial charge < -0.3 is 10.2 Å². The summed E-state index contributed by atoms with van der Waals surface area (Å²) in [7, 11) is 0. The Kier molecular flexibility index (Phi) is 5.68. The summed E-state index contributed by atoms with van der Waals surface area (Å²) in [6, 6.07) is 6.67. The molecule has 25 heavy (non-hydrogen) atoms. The number of carbonyl (C=O) groups excluding carboxylic acids is 2. The summed E-state index contributed by atoms with van der Waals surface area (Å²) < 4.78 is 12.9. The summed E-state index contributed by atoms with van der Waals surface area (Å²) >= 11 is 0. The zero-order chi connectivity index (χ0) is 17.8. The van der Waals surface area contributed by atoms with Gasteiger partial charge in [-0.25, -0.2) is 4.39 Å². The van der Waals surface area contributed by atoms with E-state index in [4.69, 9.17) is 0 Å². The van der Waals surface area contributed by atoms with Gasteiger partial charge in [0.2, 0.25) is 11.8 Å². The van der Waals surface area contributed by atoms with Gasteiger partial charge in [0.15, 0.2) is 0 Å². The van der Waals surface area contributed by atoms with Gasteiger partial charge in [0.05, 0.1) is 6.54 Å². The second kappa shape index (κ2) is 7.95. The first-order chi connectivity index (χ1) is 12.0. The third-order valence-corrected chi connectivity index (χ3v) is 5.31. The predicted octanol–water partition coefficient (Wildman–Crippen LogP) is 1.92. The first-order valence-corrected chi connectivity index (χ1v) is 9.07. The molecule has 2 fully saturated rings. The normalized spacial score (nSPS) is 23.8. The molecule has 6 heteroatoms. The van der Waals surface area contributed by atoms with Crippen LogP contribution in [0.15, 0.2) is 24.3 Å². The van der Waals surface area contributed by atoms with Gasteiger partial charge in [-0.2, -0.15) is 0 Å². The topological polar surface area (TPSA) is 52.7 Å². The molecule has 5 nitrogen and oxygen atoms in total. The molecule has 2 heterocycles. The summed E-state index contributed by atoms with van der Waals surface area (Å²) in [5.41, 5.74) is 0.881. The average molecular weight is 347 g/mol. The highest BCUT2D eigenvalue weighted by atomic mass is 19.1. The fourth-order valence-corrected chi connectivity index (χ4v) is 4.11. The Balaban J connectivity index is 1.53. The molecule has 0 saturated carbocycles. The summed E-state index contributed by atoms with van der Waals surface area (Å²) in [5, 5.41) is 2.91. The Labute approximate surface area is 148 Å². The van der Waals surface area contributed by atoms with Gasteiger partial charge in [-0.15, -0.1) is 0 Å². The van der Waals surface area contributed by atoms with Crippen LogP contribution >= 0.6 is 0 Å². The minimum Gasteiger partial charge on any atom is -0.351 e. The van der Waals surface area contributed by atoms with Gasteiger partial charge in [0.25, 0.3) is 0 Å². The van der Waals surface area contributed by atoms with E-state index in [0.29, 0.717) is 13.1 Å². The second-order valence-electron chi connectivity index (χ2n) is 7.01. The van der Waals surface area contributed by atoms with Crippen LogP contribution in [0.25, 0.3) is 0 Å². The van der Waals surface area contributed by atoms with Gasteiger partial charge in [-0.1, -0.05) is 12.1 Å². The van der Waals surface area contributed by atoms with Crippen molar-refractivity contribution in [3.63, 3.8) is 0 Å². The van der Waals surface area contributed by atoms with Crippen LogP contribution in [0.4, 0.5) is 4.39 Å². The van der Waals surface area contributed by atoms with E-state index in [1.54, 1.807) is 19.1 Å². The van der Waals surface area contributed by atoms with Crippen LogP contribution in [-0.4, -0.2) is 53.3 Å². The molecule has 0 spiro atoms. The molecule has 0 unspecified atom stereocenters. The van der Waals surface area contributed by atoms with Gasteiger partial charge in [-0.05, 0) is 49.9 Å². The number of hydrogen-bond donors (Lipinski definition) is 1. The Morgan fingerprint density at radius 3 is 2.52 bits per heavy atom. The van der Waals surface area contributed by atoms with Crippen molar-refractivity contribution in [3.8, 4) is 0 Å². The molecule has 2 aliphatic rings. The molecule has 3 rings (SSSR count). The molecule has 2 atom stereocenters. The number of amides is 2. The largest absolute Gasteiger partial charge is 0.351 e. The Morgan fingerprint density at radius 1 is 1.12 bits per heavy atom. The van der Waals surface area contributed by atoms with E-state index >= 15 is 0 Å². The zero-order valence-electron chi connectivity index (χ0n) is 14.7. The number of benzene rings is 1. The monoisotopic (exact) mass is 347 g/mol. The van der Waals surface area contributed by atoms with Crippen molar-refractivity contribution in [3.05, 3.63) is 35.6 Å². The van der Waals surface area contributed by atoms with Crippen molar-refractivity contribution in [2.24, 2.45) is 0 Å². The van der Waals surface area contributed by atoms with E-state index in [-0.39, 0.29) is 29.7 Å². The molecule has 0 aliphatic carbocycles. The van der Waals surface area contributed by atoms with Crippen LogP contribution in [0, 0.1) is 5.82 Å². The van der Waals surface area contributed by atoms with Crippen LogP contribution < -0.4 is 5.32 Å². The van der Waals surface area contributed by atoms with E-state index in [2.05, 4.69) is 10.2 Å². The highest BCUT2D eigenvalue weighted by Gasteiger charge is 2.39. The second-order valence-corrected chi connectivity index (χ2v) is 7.01. The van der Waals surface area contributed by atoms with E-state index in [9.17, 15) is 14.0 Å². The maximum atomic E-state index is 12.9. The summed E-state index contributed by atoms with van der Waals surface area (Å²) in [6.45, 7) is 4.12. The number of nitrogens with one attached hydrogen (secondary N) is 1. The van der Waals surface area contributed by atoms with Crippen molar-refractivity contribution in [2.45, 2.75) is 51.2 Å². The highest BCUT2D eigenvalue weighted by molar-refractivity contribution is 5.78. The van der Waals surface area contributed by atoms with Gasteiger partial charge in [0.1, 0.15) is 5.82 Å². The fraction of sp³-hybridized carbons (Fsp3) is 0.579. The van der Waals surface area contributed by atoms with E-state index < -0.39 is 0 Å². The molecule has 1 aromatic carbocycles. The van der Waals surface area contributed by atoms with Crippen LogP contribution in [0.2, 0.25) is 0 Å².